The van der Waals surface area contributed by atoms with E-state index in [4.69, 9.17) is 4.74 Å². The number of rotatable bonds is 5. The van der Waals surface area contributed by atoms with Crippen molar-refractivity contribution in [2.45, 2.75) is 33.1 Å². The molecule has 0 unspecified atom stereocenters. The molecule has 0 spiro atoms. The molecular weight excluding hydrogens is 282 g/mol. The molecule has 0 atom stereocenters. The molecule has 5 nitrogen and oxygen atoms in total. The number of para-hydroxylation sites is 1. The number of amides is 1. The van der Waals surface area contributed by atoms with Crippen molar-refractivity contribution >= 4 is 11.9 Å². The third-order valence-corrected chi connectivity index (χ3v) is 3.18. The predicted molar refractivity (Wildman–Crippen MR) is 84.9 cm³/mol. The molecule has 1 rings (SSSR count). The predicted octanol–water partition coefficient (Wildman–Crippen LogP) is 2.38. The topological polar surface area (TPSA) is 55.8 Å². The van der Waals surface area contributed by atoms with Crippen molar-refractivity contribution in [1.82, 2.24) is 4.90 Å². The van der Waals surface area contributed by atoms with Crippen molar-refractivity contribution in [1.29, 1.82) is 0 Å². The van der Waals surface area contributed by atoms with Crippen molar-refractivity contribution in [2.75, 3.05) is 26.8 Å². The molecule has 0 aliphatic heterocycles. The summed E-state index contributed by atoms with van der Waals surface area (Å²) >= 11 is 0. The van der Waals surface area contributed by atoms with Crippen molar-refractivity contribution < 1.29 is 19.1 Å². The fraction of sp³-hybridized carbons (Fsp3) is 0.529. The van der Waals surface area contributed by atoms with E-state index in [1.54, 1.807) is 14.0 Å². The highest BCUT2D eigenvalue weighted by atomic mass is 16.5. The number of nitrogens with zero attached hydrogens (tertiary/aromatic N) is 1. The highest BCUT2D eigenvalue weighted by Crippen LogP contribution is 2.30. The van der Waals surface area contributed by atoms with E-state index in [1.165, 1.54) is 4.90 Å². The minimum Gasteiger partial charge on any atom is -0.491 e. The number of carbonyl (C=O) groups excluding carboxylic acids is 2. The maximum atomic E-state index is 11.7. The zero-order valence-electron chi connectivity index (χ0n) is 14.0. The summed E-state index contributed by atoms with van der Waals surface area (Å²) in [4.78, 5) is 24.3. The fourth-order valence-electron chi connectivity index (χ4n) is 1.95. The zero-order chi connectivity index (χ0) is 16.8. The summed E-state index contributed by atoms with van der Waals surface area (Å²) in [5, 5.41) is 0. The van der Waals surface area contributed by atoms with E-state index in [9.17, 15) is 9.59 Å². The summed E-state index contributed by atoms with van der Waals surface area (Å²) in [7, 11) is 1.55. The van der Waals surface area contributed by atoms with Gasteiger partial charge in [0.2, 0.25) is 0 Å². The molecule has 0 bridgehead atoms. The first-order chi connectivity index (χ1) is 10.3. The molecule has 22 heavy (non-hydrogen) atoms. The number of hydrogen-bond acceptors (Lipinski definition) is 4. The van der Waals surface area contributed by atoms with Crippen LogP contribution in [0.15, 0.2) is 24.3 Å². The highest BCUT2D eigenvalue weighted by Gasteiger charge is 2.21. The zero-order valence-corrected chi connectivity index (χ0v) is 14.0. The molecule has 0 saturated carbocycles. The van der Waals surface area contributed by atoms with E-state index in [0.717, 1.165) is 11.3 Å². The molecule has 1 aromatic rings. The van der Waals surface area contributed by atoms with Gasteiger partial charge in [-0.15, -0.1) is 0 Å². The van der Waals surface area contributed by atoms with E-state index >= 15 is 0 Å². The second-order valence-corrected chi connectivity index (χ2v) is 6.04. The molecule has 1 aromatic carbocycles. The van der Waals surface area contributed by atoms with Crippen molar-refractivity contribution in [2.24, 2.45) is 0 Å². The number of esters is 1. The Bertz CT molecular complexity index is 520. The fourth-order valence-corrected chi connectivity index (χ4v) is 1.95. The van der Waals surface area contributed by atoms with Crippen LogP contribution in [0.3, 0.4) is 0 Å². The molecule has 0 aromatic heterocycles. The summed E-state index contributed by atoms with van der Waals surface area (Å²) < 4.78 is 10.5. The average molecular weight is 307 g/mol. The van der Waals surface area contributed by atoms with Crippen LogP contribution in [0.5, 0.6) is 5.75 Å². The lowest BCUT2D eigenvalue weighted by molar-refractivity contribution is -0.159. The summed E-state index contributed by atoms with van der Waals surface area (Å²) in [5.41, 5.74) is 1.08. The van der Waals surface area contributed by atoms with Gasteiger partial charge < -0.3 is 14.4 Å². The average Bonchev–Trinajstić information content (AvgIpc) is 2.46. The van der Waals surface area contributed by atoms with Gasteiger partial charge in [0.1, 0.15) is 12.4 Å². The van der Waals surface area contributed by atoms with Gasteiger partial charge in [-0.2, -0.15) is 0 Å². The van der Waals surface area contributed by atoms with Gasteiger partial charge in [-0.1, -0.05) is 39.0 Å². The van der Waals surface area contributed by atoms with Crippen LogP contribution in [0.1, 0.15) is 33.3 Å². The molecule has 0 radical (unpaired) electrons. The monoisotopic (exact) mass is 307 g/mol. The normalized spacial score (nSPS) is 11.0. The first-order valence-corrected chi connectivity index (χ1v) is 7.42. The van der Waals surface area contributed by atoms with Crippen LogP contribution >= 0.6 is 0 Å². The lowest BCUT2D eigenvalue weighted by Crippen LogP contribution is -2.37. The Morgan fingerprint density at radius 3 is 2.41 bits per heavy atom. The summed E-state index contributed by atoms with van der Waals surface area (Å²) in [5.74, 6) is -0.693. The molecular formula is C17H25NO4. The van der Waals surface area contributed by atoms with Gasteiger partial charge >= 0.3 is 11.9 Å². The van der Waals surface area contributed by atoms with Gasteiger partial charge in [0, 0.05) is 7.05 Å². The minimum atomic E-state index is -0.833. The van der Waals surface area contributed by atoms with E-state index in [0.29, 0.717) is 13.2 Å². The van der Waals surface area contributed by atoms with Crippen LogP contribution in [0.4, 0.5) is 0 Å². The quantitative estimate of drug-likeness (QED) is 0.619. The van der Waals surface area contributed by atoms with Gasteiger partial charge in [0.25, 0.3) is 0 Å². The van der Waals surface area contributed by atoms with Gasteiger partial charge in [0.05, 0.1) is 13.2 Å². The van der Waals surface area contributed by atoms with E-state index in [2.05, 4.69) is 25.5 Å². The van der Waals surface area contributed by atoms with Crippen molar-refractivity contribution in [3.8, 4) is 5.75 Å². The van der Waals surface area contributed by atoms with Crippen LogP contribution in [0.25, 0.3) is 0 Å². The molecule has 0 N–H and O–H groups in total. The molecule has 1 amide bonds. The smallest absolute Gasteiger partial charge is 0.397 e. The molecule has 0 saturated heterocycles. The van der Waals surface area contributed by atoms with E-state index < -0.39 is 11.9 Å². The Balaban J connectivity index is 2.58. The Morgan fingerprint density at radius 1 is 1.18 bits per heavy atom. The number of benzene rings is 1. The van der Waals surface area contributed by atoms with Gasteiger partial charge in [-0.05, 0) is 24.0 Å². The highest BCUT2D eigenvalue weighted by molar-refractivity contribution is 6.32. The Morgan fingerprint density at radius 2 is 1.82 bits per heavy atom. The minimum absolute atomic E-state index is 0.0246. The largest absolute Gasteiger partial charge is 0.491 e. The molecule has 122 valence electrons. The number of ether oxygens (including phenoxy) is 2. The van der Waals surface area contributed by atoms with Gasteiger partial charge in [0.15, 0.2) is 0 Å². The van der Waals surface area contributed by atoms with Crippen LogP contribution in [-0.4, -0.2) is 43.6 Å². The first kappa shape index (κ1) is 18.0. The van der Waals surface area contributed by atoms with Gasteiger partial charge in [-0.25, -0.2) is 4.79 Å². The van der Waals surface area contributed by atoms with Crippen molar-refractivity contribution in [3.63, 3.8) is 0 Å². The maximum absolute atomic E-state index is 11.7. The van der Waals surface area contributed by atoms with E-state index in [-0.39, 0.29) is 12.0 Å². The Hall–Kier alpha value is -2.04. The van der Waals surface area contributed by atoms with Crippen LogP contribution in [0.2, 0.25) is 0 Å². The third-order valence-electron chi connectivity index (χ3n) is 3.18. The lowest BCUT2D eigenvalue weighted by Gasteiger charge is -2.23. The first-order valence-electron chi connectivity index (χ1n) is 7.42. The number of likely N-dealkylation sites (N-methyl/N-ethyl adjacent to an activating group) is 1. The number of carbonyl (C=O) groups is 2. The van der Waals surface area contributed by atoms with Crippen LogP contribution < -0.4 is 4.74 Å². The molecule has 0 aliphatic carbocycles. The molecule has 0 fully saturated rings. The second kappa shape index (κ2) is 7.82. The summed E-state index contributed by atoms with van der Waals surface area (Å²) in [6, 6.07) is 7.83. The van der Waals surface area contributed by atoms with Crippen LogP contribution in [-0.2, 0) is 19.7 Å². The maximum Gasteiger partial charge on any atom is 0.397 e. The third kappa shape index (κ3) is 5.06. The van der Waals surface area contributed by atoms with Crippen LogP contribution in [0, 0.1) is 0 Å². The molecule has 0 aliphatic rings. The van der Waals surface area contributed by atoms with Gasteiger partial charge in [-0.3, -0.25) is 4.79 Å². The Kier molecular flexibility index (Phi) is 6.40. The molecule has 5 heteroatoms. The summed E-state index contributed by atoms with van der Waals surface area (Å²) in [6.07, 6.45) is 0. The lowest BCUT2D eigenvalue weighted by atomic mass is 9.86. The van der Waals surface area contributed by atoms with Crippen molar-refractivity contribution in [3.05, 3.63) is 29.8 Å². The second-order valence-electron chi connectivity index (χ2n) is 6.04. The molecule has 0 heterocycles. The summed E-state index contributed by atoms with van der Waals surface area (Å²) in [6.45, 7) is 8.83. The standard InChI is InChI=1S/C17H25NO4/c1-6-21-16(20)15(19)18(5)11-12-22-14-10-8-7-9-13(14)17(2,3)4/h7-10H,6,11-12H2,1-5H3. The Labute approximate surface area is 132 Å². The SMILES string of the molecule is CCOC(=O)C(=O)N(C)CCOc1ccccc1C(C)(C)C. The van der Waals surface area contributed by atoms with E-state index in [1.807, 2.05) is 24.3 Å². The number of hydrogen-bond donors (Lipinski definition) is 0.